The topological polar surface area (TPSA) is 64.3 Å². The van der Waals surface area contributed by atoms with Gasteiger partial charge in [0.2, 0.25) is 5.91 Å². The Kier molecular flexibility index (Phi) is 6.79. The Bertz CT molecular complexity index is 470. The average Bonchev–Trinajstić information content (AvgIpc) is 2.87. The van der Waals surface area contributed by atoms with Gasteiger partial charge in [-0.1, -0.05) is 6.42 Å². The highest BCUT2D eigenvalue weighted by Gasteiger charge is 2.31. The van der Waals surface area contributed by atoms with Gasteiger partial charge >= 0.3 is 0 Å². The number of methoxy groups -OCH3 is 1. The minimum atomic E-state index is 0. The molecule has 2 rings (SSSR count). The van der Waals surface area contributed by atoms with Gasteiger partial charge in [-0.3, -0.25) is 4.79 Å². The van der Waals surface area contributed by atoms with Gasteiger partial charge in [0.15, 0.2) is 0 Å². The zero-order valence-corrected chi connectivity index (χ0v) is 13.8. The highest BCUT2D eigenvalue weighted by molar-refractivity contribution is 9.10. The first-order valence-electron chi connectivity index (χ1n) is 6.50. The van der Waals surface area contributed by atoms with Gasteiger partial charge in [-0.05, 0) is 59.4 Å². The molecule has 0 heterocycles. The fourth-order valence-corrected chi connectivity index (χ4v) is 3.18. The second-order valence-electron chi connectivity index (χ2n) is 4.87. The third kappa shape index (κ3) is 3.87. The number of hydrogen-bond donors (Lipinski definition) is 2. The minimum Gasteiger partial charge on any atom is -0.496 e. The predicted octanol–water partition coefficient (Wildman–Crippen LogP) is 3.19. The maximum atomic E-state index is 12.2. The first-order valence-corrected chi connectivity index (χ1v) is 7.29. The molecule has 1 aromatic rings. The Morgan fingerprint density at radius 1 is 1.50 bits per heavy atom. The van der Waals surface area contributed by atoms with Gasteiger partial charge in [-0.25, -0.2) is 0 Å². The summed E-state index contributed by atoms with van der Waals surface area (Å²) >= 11 is 3.41. The first-order chi connectivity index (χ1) is 9.15. The van der Waals surface area contributed by atoms with E-state index in [1.54, 1.807) is 7.11 Å². The lowest BCUT2D eigenvalue weighted by atomic mass is 9.95. The van der Waals surface area contributed by atoms with Crippen LogP contribution in [-0.2, 0) is 4.79 Å². The van der Waals surface area contributed by atoms with Gasteiger partial charge < -0.3 is 15.8 Å². The van der Waals surface area contributed by atoms with Gasteiger partial charge in [-0.15, -0.1) is 12.4 Å². The Hall–Kier alpha value is -0.780. The highest BCUT2D eigenvalue weighted by Crippen LogP contribution is 2.33. The molecule has 0 spiro atoms. The van der Waals surface area contributed by atoms with E-state index >= 15 is 0 Å². The molecule has 0 bridgehead atoms. The van der Waals surface area contributed by atoms with Crippen LogP contribution in [0.3, 0.4) is 0 Å². The third-order valence-corrected chi connectivity index (χ3v) is 4.34. The van der Waals surface area contributed by atoms with E-state index < -0.39 is 0 Å². The van der Waals surface area contributed by atoms with Crippen molar-refractivity contribution in [1.82, 2.24) is 0 Å². The lowest BCUT2D eigenvalue weighted by molar-refractivity contribution is -0.120. The fourth-order valence-electron chi connectivity index (χ4n) is 2.64. The van der Waals surface area contributed by atoms with Crippen molar-refractivity contribution in [2.24, 2.45) is 17.6 Å². The van der Waals surface area contributed by atoms with E-state index in [1.165, 1.54) is 0 Å². The van der Waals surface area contributed by atoms with Crippen LogP contribution in [0.1, 0.15) is 19.3 Å². The average molecular weight is 364 g/mol. The summed E-state index contributed by atoms with van der Waals surface area (Å²) in [5, 5.41) is 2.96. The zero-order chi connectivity index (χ0) is 13.8. The summed E-state index contributed by atoms with van der Waals surface area (Å²) in [6.07, 6.45) is 3.08. The fraction of sp³-hybridized carbons (Fsp3) is 0.500. The van der Waals surface area contributed by atoms with E-state index in [4.69, 9.17) is 10.5 Å². The molecule has 20 heavy (non-hydrogen) atoms. The molecule has 1 saturated carbocycles. The zero-order valence-electron chi connectivity index (χ0n) is 11.4. The number of nitrogens with two attached hydrogens (primary N) is 1. The Morgan fingerprint density at radius 2 is 2.25 bits per heavy atom. The molecule has 112 valence electrons. The van der Waals surface area contributed by atoms with Gasteiger partial charge in [0.1, 0.15) is 5.75 Å². The van der Waals surface area contributed by atoms with E-state index in [-0.39, 0.29) is 24.2 Å². The molecule has 1 amide bonds. The smallest absolute Gasteiger partial charge is 0.227 e. The van der Waals surface area contributed by atoms with Gasteiger partial charge in [-0.2, -0.15) is 0 Å². The molecular weight excluding hydrogens is 344 g/mol. The number of carbonyl (C=O) groups excluding carboxylic acids is 1. The van der Waals surface area contributed by atoms with Crippen LogP contribution in [0.15, 0.2) is 22.7 Å². The Balaban J connectivity index is 0.00000200. The summed E-state index contributed by atoms with van der Waals surface area (Å²) in [5.74, 6) is 1.19. The third-order valence-electron chi connectivity index (χ3n) is 3.72. The summed E-state index contributed by atoms with van der Waals surface area (Å²) in [6, 6.07) is 5.52. The molecule has 3 N–H and O–H groups in total. The molecule has 2 atom stereocenters. The summed E-state index contributed by atoms with van der Waals surface area (Å²) in [6.45, 7) is 0.588. The molecule has 4 nitrogen and oxygen atoms in total. The number of carbonyl (C=O) groups is 1. The van der Waals surface area contributed by atoms with Crippen LogP contribution in [0.5, 0.6) is 5.75 Å². The molecule has 0 aliphatic heterocycles. The molecule has 0 saturated heterocycles. The van der Waals surface area contributed by atoms with Crippen LogP contribution in [0.2, 0.25) is 0 Å². The first kappa shape index (κ1) is 17.3. The quantitative estimate of drug-likeness (QED) is 0.863. The van der Waals surface area contributed by atoms with E-state index in [1.807, 2.05) is 18.2 Å². The van der Waals surface area contributed by atoms with Gasteiger partial charge in [0, 0.05) is 11.6 Å². The summed E-state index contributed by atoms with van der Waals surface area (Å²) < 4.78 is 5.99. The molecule has 0 unspecified atom stereocenters. The summed E-state index contributed by atoms with van der Waals surface area (Å²) in [7, 11) is 1.61. The van der Waals surface area contributed by atoms with E-state index in [9.17, 15) is 4.79 Å². The predicted molar refractivity (Wildman–Crippen MR) is 86.5 cm³/mol. The van der Waals surface area contributed by atoms with Crippen LogP contribution in [0.4, 0.5) is 5.69 Å². The summed E-state index contributed by atoms with van der Waals surface area (Å²) in [4.78, 5) is 12.2. The van der Waals surface area contributed by atoms with E-state index in [0.29, 0.717) is 12.5 Å². The van der Waals surface area contributed by atoms with Crippen molar-refractivity contribution in [2.45, 2.75) is 19.3 Å². The Morgan fingerprint density at radius 3 is 2.85 bits per heavy atom. The lowest BCUT2D eigenvalue weighted by Crippen LogP contribution is -2.29. The van der Waals surface area contributed by atoms with Crippen LogP contribution >= 0.6 is 28.3 Å². The SMILES string of the molecule is COc1ccc(NC(=O)[C@@H]2CCC[C@@H]2CN)cc1Br.Cl. The number of halogens is 2. The standard InChI is InChI=1S/C14H19BrN2O2.ClH/c1-19-13-6-5-10(7-12(13)15)17-14(18)11-4-2-3-9(11)8-16;/h5-7,9,11H,2-4,8,16H2,1H3,(H,17,18);1H/t9-,11-;/m1./s1. The number of nitrogens with one attached hydrogen (secondary N) is 1. The highest BCUT2D eigenvalue weighted by atomic mass is 79.9. The van der Waals surface area contributed by atoms with Crippen molar-refractivity contribution < 1.29 is 9.53 Å². The Labute approximate surface area is 134 Å². The van der Waals surface area contributed by atoms with Crippen LogP contribution in [-0.4, -0.2) is 19.6 Å². The van der Waals surface area contributed by atoms with Crippen molar-refractivity contribution in [2.75, 3.05) is 19.0 Å². The molecule has 1 fully saturated rings. The van der Waals surface area contributed by atoms with Gasteiger partial charge in [0.05, 0.1) is 11.6 Å². The lowest BCUT2D eigenvalue weighted by Gasteiger charge is -2.17. The van der Waals surface area contributed by atoms with E-state index in [2.05, 4.69) is 21.2 Å². The van der Waals surface area contributed by atoms with Crippen molar-refractivity contribution in [3.63, 3.8) is 0 Å². The number of ether oxygens (including phenoxy) is 1. The second-order valence-corrected chi connectivity index (χ2v) is 5.73. The molecule has 1 aliphatic rings. The van der Waals surface area contributed by atoms with Gasteiger partial charge in [0.25, 0.3) is 0 Å². The molecule has 0 radical (unpaired) electrons. The van der Waals surface area contributed by atoms with Crippen LogP contribution < -0.4 is 15.8 Å². The van der Waals surface area contributed by atoms with Crippen molar-refractivity contribution >= 4 is 39.9 Å². The summed E-state index contributed by atoms with van der Waals surface area (Å²) in [5.41, 5.74) is 6.49. The van der Waals surface area contributed by atoms with Crippen LogP contribution in [0, 0.1) is 11.8 Å². The molecular formula is C14H20BrClN2O2. The maximum Gasteiger partial charge on any atom is 0.227 e. The van der Waals surface area contributed by atoms with Crippen LogP contribution in [0.25, 0.3) is 0 Å². The second kappa shape index (κ2) is 7.86. The largest absolute Gasteiger partial charge is 0.496 e. The normalized spacial score (nSPS) is 21.1. The van der Waals surface area contributed by atoms with Crippen molar-refractivity contribution in [3.8, 4) is 5.75 Å². The monoisotopic (exact) mass is 362 g/mol. The van der Waals surface area contributed by atoms with Crippen molar-refractivity contribution in [1.29, 1.82) is 0 Å². The number of amides is 1. The number of benzene rings is 1. The number of anilines is 1. The molecule has 1 aromatic carbocycles. The molecule has 1 aliphatic carbocycles. The molecule has 0 aromatic heterocycles. The number of rotatable bonds is 4. The number of hydrogen-bond acceptors (Lipinski definition) is 3. The molecule has 6 heteroatoms. The maximum absolute atomic E-state index is 12.2. The van der Waals surface area contributed by atoms with Crippen molar-refractivity contribution in [3.05, 3.63) is 22.7 Å². The van der Waals surface area contributed by atoms with E-state index in [0.717, 1.165) is 35.2 Å². The minimum absolute atomic E-state index is 0.